The number of rotatable bonds is 11. The van der Waals surface area contributed by atoms with Crippen LogP contribution in [0.5, 0.6) is 23.0 Å². The third-order valence-electron chi connectivity index (χ3n) is 4.29. The van der Waals surface area contributed by atoms with Crippen molar-refractivity contribution in [1.29, 1.82) is 0 Å². The molecule has 0 saturated heterocycles. The molecule has 41 heavy (non-hydrogen) atoms. The molecule has 0 aliphatic heterocycles. The minimum absolute atomic E-state index is 0. The maximum absolute atomic E-state index is 12.1. The fourth-order valence-corrected chi connectivity index (χ4v) is 3.42. The molecule has 226 valence electrons. The SMILES string of the molecule is CC(C)OC(=O)c1cc(OC(C)C)c(Cl)c(OC(C)C)c1.CC(C)Oc1cc(C(=O)O)cc(OC(C)C)c1Cl.[Li+].[OH-]. The molecule has 0 amide bonds. The Bertz CT molecular complexity index is 1060. The largest absolute Gasteiger partial charge is 1.00 e. The van der Waals surface area contributed by atoms with Crippen LogP contribution in [0.2, 0.25) is 10.0 Å². The molecule has 2 rings (SSSR count). The average molecular weight is 611 g/mol. The second-order valence-electron chi connectivity index (χ2n) is 10.00. The van der Waals surface area contributed by atoms with Crippen LogP contribution in [0.25, 0.3) is 0 Å². The zero-order valence-electron chi connectivity index (χ0n) is 25.7. The number of ether oxygens (including phenoxy) is 5. The van der Waals surface area contributed by atoms with Gasteiger partial charge < -0.3 is 34.3 Å². The van der Waals surface area contributed by atoms with E-state index < -0.39 is 11.9 Å². The van der Waals surface area contributed by atoms with Crippen molar-refractivity contribution in [3.63, 3.8) is 0 Å². The molecular weight excluding hydrogens is 570 g/mol. The van der Waals surface area contributed by atoms with E-state index in [2.05, 4.69) is 0 Å². The Hall–Kier alpha value is -2.28. The van der Waals surface area contributed by atoms with Crippen molar-refractivity contribution in [3.8, 4) is 23.0 Å². The molecule has 0 aliphatic rings. The number of carbonyl (C=O) groups excluding carboxylic acids is 1. The third-order valence-corrected chi connectivity index (χ3v) is 5.03. The Morgan fingerprint density at radius 3 is 1.07 bits per heavy atom. The summed E-state index contributed by atoms with van der Waals surface area (Å²) in [6.07, 6.45) is -0.523. The van der Waals surface area contributed by atoms with Gasteiger partial charge in [-0.05, 0) is 93.5 Å². The van der Waals surface area contributed by atoms with E-state index in [0.29, 0.717) is 38.6 Å². The van der Waals surface area contributed by atoms with Crippen LogP contribution in [0.15, 0.2) is 24.3 Å². The summed E-state index contributed by atoms with van der Waals surface area (Å²) in [6.45, 7) is 18.5. The van der Waals surface area contributed by atoms with Crippen molar-refractivity contribution in [2.24, 2.45) is 0 Å². The van der Waals surface area contributed by atoms with Crippen molar-refractivity contribution in [2.75, 3.05) is 0 Å². The predicted molar refractivity (Wildman–Crippen MR) is 155 cm³/mol. The Balaban J connectivity index is 0. The number of carboxylic acid groups (broad SMARTS) is 1. The van der Waals surface area contributed by atoms with Gasteiger partial charge in [-0.1, -0.05) is 23.2 Å². The van der Waals surface area contributed by atoms with Gasteiger partial charge in [0.1, 0.15) is 33.0 Å². The zero-order chi connectivity index (χ0) is 30.0. The smallest absolute Gasteiger partial charge is 0.870 e. The van der Waals surface area contributed by atoms with Crippen LogP contribution in [0.1, 0.15) is 90.0 Å². The van der Waals surface area contributed by atoms with E-state index in [1.54, 1.807) is 26.0 Å². The third kappa shape index (κ3) is 14.4. The minimum atomic E-state index is -1.05. The summed E-state index contributed by atoms with van der Waals surface area (Å²) in [5, 5.41) is 9.69. The Morgan fingerprint density at radius 2 is 0.854 bits per heavy atom. The molecule has 0 atom stereocenters. The summed E-state index contributed by atoms with van der Waals surface area (Å²) >= 11 is 12.4. The van der Waals surface area contributed by atoms with Crippen molar-refractivity contribution in [1.82, 2.24) is 0 Å². The molecule has 0 aromatic heterocycles. The number of benzene rings is 2. The number of carboxylic acids is 1. The van der Waals surface area contributed by atoms with Crippen LogP contribution in [0.3, 0.4) is 0 Å². The average Bonchev–Trinajstić information content (AvgIpc) is 2.77. The molecule has 0 aliphatic carbocycles. The molecule has 2 N–H and O–H groups in total. The fraction of sp³-hybridized carbons (Fsp3) is 0.517. The number of carbonyl (C=O) groups is 2. The van der Waals surface area contributed by atoms with Crippen LogP contribution in [-0.2, 0) is 4.74 Å². The first kappa shape index (κ1) is 40.9. The van der Waals surface area contributed by atoms with Crippen LogP contribution in [0, 0.1) is 0 Å². The molecule has 9 nitrogen and oxygen atoms in total. The van der Waals surface area contributed by atoms with Crippen LogP contribution in [0.4, 0.5) is 0 Å². The van der Waals surface area contributed by atoms with E-state index in [-0.39, 0.29) is 60.4 Å². The fourth-order valence-electron chi connectivity index (χ4n) is 3.03. The monoisotopic (exact) mass is 610 g/mol. The molecule has 0 radical (unpaired) electrons. The number of halogens is 2. The van der Waals surface area contributed by atoms with Gasteiger partial charge in [-0.25, -0.2) is 9.59 Å². The minimum Gasteiger partial charge on any atom is -0.870 e. The molecular formula is C29H41Cl2LiO9. The van der Waals surface area contributed by atoms with E-state index in [9.17, 15) is 9.59 Å². The molecule has 0 unspecified atom stereocenters. The summed E-state index contributed by atoms with van der Waals surface area (Å²) in [5.74, 6) is 0.00300. The summed E-state index contributed by atoms with van der Waals surface area (Å²) < 4.78 is 27.5. The Morgan fingerprint density at radius 1 is 0.585 bits per heavy atom. The van der Waals surface area contributed by atoms with Gasteiger partial charge in [-0.2, -0.15) is 0 Å². The number of hydrogen-bond acceptors (Lipinski definition) is 8. The second-order valence-corrected chi connectivity index (χ2v) is 10.8. The van der Waals surface area contributed by atoms with Gasteiger partial charge in [-0.15, -0.1) is 0 Å². The van der Waals surface area contributed by atoms with E-state index in [0.717, 1.165) is 0 Å². The van der Waals surface area contributed by atoms with E-state index >= 15 is 0 Å². The zero-order valence-corrected chi connectivity index (χ0v) is 27.2. The molecule has 0 heterocycles. The Kier molecular flexibility index (Phi) is 18.9. The van der Waals surface area contributed by atoms with Gasteiger partial charge in [0.2, 0.25) is 0 Å². The van der Waals surface area contributed by atoms with Gasteiger partial charge in [0.15, 0.2) is 0 Å². The van der Waals surface area contributed by atoms with E-state index in [1.165, 1.54) is 12.1 Å². The van der Waals surface area contributed by atoms with E-state index in [4.69, 9.17) is 52.0 Å². The molecule has 2 aromatic carbocycles. The van der Waals surface area contributed by atoms with Gasteiger partial charge in [0.05, 0.1) is 41.6 Å². The van der Waals surface area contributed by atoms with Crippen molar-refractivity contribution in [3.05, 3.63) is 45.4 Å². The predicted octanol–water partition coefficient (Wildman–Crippen LogP) is 4.92. The maximum Gasteiger partial charge on any atom is 1.00 e. The second kappa shape index (κ2) is 19.0. The first-order chi connectivity index (χ1) is 18.0. The number of esters is 1. The topological polar surface area (TPSA) is 131 Å². The van der Waals surface area contributed by atoms with E-state index in [1.807, 2.05) is 55.4 Å². The van der Waals surface area contributed by atoms with Crippen LogP contribution >= 0.6 is 23.2 Å². The molecule has 2 aromatic rings. The van der Waals surface area contributed by atoms with Gasteiger partial charge in [0.25, 0.3) is 0 Å². The first-order valence-electron chi connectivity index (χ1n) is 12.8. The molecule has 0 bridgehead atoms. The van der Waals surface area contributed by atoms with Gasteiger partial charge in [0, 0.05) is 0 Å². The molecule has 12 heteroatoms. The Labute approximate surface area is 265 Å². The quantitative estimate of drug-likeness (QED) is 0.278. The molecule has 0 saturated carbocycles. The number of aromatic carboxylic acids is 1. The van der Waals surface area contributed by atoms with Crippen molar-refractivity contribution >= 4 is 35.1 Å². The van der Waals surface area contributed by atoms with Gasteiger partial charge >= 0.3 is 30.8 Å². The van der Waals surface area contributed by atoms with Gasteiger partial charge in [-0.3, -0.25) is 0 Å². The maximum atomic E-state index is 12.1. The number of hydrogen-bond donors (Lipinski definition) is 1. The summed E-state index contributed by atoms with van der Waals surface area (Å²) in [4.78, 5) is 23.1. The van der Waals surface area contributed by atoms with Crippen LogP contribution in [-0.4, -0.2) is 53.0 Å². The normalized spacial score (nSPS) is 10.5. The molecule has 0 fully saturated rings. The standard InChI is InChI=1S/C16H23ClO4.C13H17ClO4.Li.H2O/c1-9(2)19-13-7-12(16(18)21-11(5)6)8-14(15(13)17)20-10(3)4;1-7(2)17-10-5-9(13(15)16)6-11(12(10)14)18-8(3)4;;/h7-11H,1-6H3;5-8H,1-4H3,(H,15,16);;1H2/q;;+1;/p-1. The van der Waals surface area contributed by atoms with Crippen molar-refractivity contribution in [2.45, 2.75) is 99.8 Å². The summed E-state index contributed by atoms with van der Waals surface area (Å²) in [6, 6.07) is 5.97. The van der Waals surface area contributed by atoms with Crippen molar-refractivity contribution < 1.29 is 62.7 Å². The summed E-state index contributed by atoms with van der Waals surface area (Å²) in [5.41, 5.74) is 0.449. The summed E-state index contributed by atoms with van der Waals surface area (Å²) in [7, 11) is 0. The van der Waals surface area contributed by atoms with Crippen LogP contribution < -0.4 is 37.8 Å². The molecule has 0 spiro atoms. The first-order valence-corrected chi connectivity index (χ1v) is 13.5.